The lowest BCUT2D eigenvalue weighted by Gasteiger charge is -2.43. The van der Waals surface area contributed by atoms with Gasteiger partial charge in [-0.15, -0.1) is 0 Å². The lowest BCUT2D eigenvalue weighted by Crippen LogP contribution is -2.37. The van der Waals surface area contributed by atoms with Gasteiger partial charge >= 0.3 is 5.97 Å². The Balaban J connectivity index is 1.33. The first-order chi connectivity index (χ1) is 16.2. The minimum absolute atomic E-state index is 0.225. The van der Waals surface area contributed by atoms with Crippen LogP contribution in [0.3, 0.4) is 0 Å². The summed E-state index contributed by atoms with van der Waals surface area (Å²) in [6.07, 6.45) is 13.9. The minimum Gasteiger partial charge on any atom is -0.491 e. The van der Waals surface area contributed by atoms with Crippen LogP contribution in [0.4, 0.5) is 4.39 Å². The number of esters is 1. The molecule has 0 saturated heterocycles. The predicted octanol–water partition coefficient (Wildman–Crippen LogP) is 8.11. The number of carbonyl (C=O) groups is 1. The standard InChI is InChI=1S/C30H47FO3/c1-20(2)22(5)34-27-15-12-25(13-16-27)28-17-14-26(19-29(28)31)24-10-8-23(9-11-24)7-6-18-33-30(32)21(3)4/h23-29H,1,3,5-19H2,2,4H3. The minimum atomic E-state index is -0.632. The van der Waals surface area contributed by atoms with Gasteiger partial charge in [-0.3, -0.25) is 0 Å². The highest BCUT2D eigenvalue weighted by molar-refractivity contribution is 5.86. The van der Waals surface area contributed by atoms with E-state index in [0.29, 0.717) is 35.7 Å². The van der Waals surface area contributed by atoms with Crippen molar-refractivity contribution in [3.05, 3.63) is 36.6 Å². The van der Waals surface area contributed by atoms with E-state index in [1.54, 1.807) is 6.92 Å². The Morgan fingerprint density at radius 1 is 0.824 bits per heavy atom. The van der Waals surface area contributed by atoms with Gasteiger partial charge in [-0.1, -0.05) is 32.6 Å². The van der Waals surface area contributed by atoms with Crippen molar-refractivity contribution >= 4 is 5.97 Å². The van der Waals surface area contributed by atoms with E-state index in [9.17, 15) is 4.79 Å². The summed E-state index contributed by atoms with van der Waals surface area (Å²) >= 11 is 0. The van der Waals surface area contributed by atoms with Crippen LogP contribution in [0.5, 0.6) is 0 Å². The van der Waals surface area contributed by atoms with Gasteiger partial charge in [0.05, 0.1) is 12.7 Å². The number of alkyl halides is 1. The molecule has 0 aliphatic heterocycles. The van der Waals surface area contributed by atoms with Gasteiger partial charge in [0.25, 0.3) is 0 Å². The van der Waals surface area contributed by atoms with Crippen LogP contribution in [-0.2, 0) is 14.3 Å². The summed E-state index contributed by atoms with van der Waals surface area (Å²) < 4.78 is 26.5. The summed E-state index contributed by atoms with van der Waals surface area (Å²) in [7, 11) is 0. The number of allylic oxidation sites excluding steroid dienone is 1. The average molecular weight is 475 g/mol. The smallest absolute Gasteiger partial charge is 0.333 e. The maximum Gasteiger partial charge on any atom is 0.333 e. The van der Waals surface area contributed by atoms with E-state index in [-0.39, 0.29) is 18.0 Å². The summed E-state index contributed by atoms with van der Waals surface area (Å²) in [6, 6.07) is 0. The Morgan fingerprint density at radius 2 is 1.44 bits per heavy atom. The van der Waals surface area contributed by atoms with Crippen LogP contribution < -0.4 is 0 Å². The van der Waals surface area contributed by atoms with E-state index in [2.05, 4.69) is 19.7 Å². The molecule has 3 unspecified atom stereocenters. The Hall–Kier alpha value is -1.58. The zero-order chi connectivity index (χ0) is 24.7. The van der Waals surface area contributed by atoms with Crippen molar-refractivity contribution in [1.29, 1.82) is 0 Å². The number of rotatable bonds is 10. The molecule has 0 radical (unpaired) electrons. The molecule has 0 amide bonds. The van der Waals surface area contributed by atoms with Crippen LogP contribution in [0, 0.1) is 29.6 Å². The monoisotopic (exact) mass is 474 g/mol. The number of hydrogen-bond donors (Lipinski definition) is 0. The molecule has 3 atom stereocenters. The van der Waals surface area contributed by atoms with Crippen LogP contribution in [0.25, 0.3) is 0 Å². The lowest BCUT2D eigenvalue weighted by atomic mass is 9.64. The van der Waals surface area contributed by atoms with Gasteiger partial charge in [0.15, 0.2) is 0 Å². The molecule has 3 fully saturated rings. The quantitative estimate of drug-likeness (QED) is 0.105. The molecule has 3 aliphatic carbocycles. The third-order valence-corrected chi connectivity index (χ3v) is 8.87. The Kier molecular flexibility index (Phi) is 10.3. The van der Waals surface area contributed by atoms with Gasteiger partial charge in [0.2, 0.25) is 0 Å². The molecule has 4 heteroatoms. The summed E-state index contributed by atoms with van der Waals surface area (Å²) in [4.78, 5) is 11.5. The first-order valence-electron chi connectivity index (χ1n) is 13.7. The molecule has 0 spiro atoms. The molecule has 3 saturated carbocycles. The van der Waals surface area contributed by atoms with Crippen molar-refractivity contribution in [1.82, 2.24) is 0 Å². The molecular weight excluding hydrogens is 427 g/mol. The maximum atomic E-state index is 15.4. The molecule has 0 aromatic rings. The van der Waals surface area contributed by atoms with E-state index >= 15 is 4.39 Å². The fourth-order valence-electron chi connectivity index (χ4n) is 6.67. The second-order valence-corrected chi connectivity index (χ2v) is 11.5. The number of hydrogen-bond acceptors (Lipinski definition) is 3. The summed E-state index contributed by atoms with van der Waals surface area (Å²) in [5, 5.41) is 0. The van der Waals surface area contributed by atoms with Gasteiger partial charge in [-0.05, 0) is 120 Å². The lowest BCUT2D eigenvalue weighted by molar-refractivity contribution is -0.139. The SMILES string of the molecule is C=C(C)C(=C)OC1CCC(C2CCC(C3CCC(CCCOC(=O)C(=C)C)CC3)CC2F)CC1. The molecule has 34 heavy (non-hydrogen) atoms. The normalized spacial score (nSPS) is 34.1. The van der Waals surface area contributed by atoms with Crippen molar-refractivity contribution in [3.8, 4) is 0 Å². The van der Waals surface area contributed by atoms with E-state index in [1.165, 1.54) is 32.1 Å². The highest BCUT2D eigenvalue weighted by atomic mass is 19.1. The van der Waals surface area contributed by atoms with Crippen molar-refractivity contribution in [3.63, 3.8) is 0 Å². The fraction of sp³-hybridized carbons (Fsp3) is 0.767. The van der Waals surface area contributed by atoms with Gasteiger partial charge in [0, 0.05) is 5.57 Å². The number of carbonyl (C=O) groups excluding carboxylic acids is 1. The van der Waals surface area contributed by atoms with Crippen LogP contribution in [0.1, 0.15) is 97.3 Å². The van der Waals surface area contributed by atoms with Crippen LogP contribution >= 0.6 is 0 Å². The molecule has 0 heterocycles. The number of ether oxygens (including phenoxy) is 2. The molecule has 0 N–H and O–H groups in total. The molecule has 3 rings (SSSR count). The van der Waals surface area contributed by atoms with E-state index in [1.807, 2.05) is 6.92 Å². The Bertz CT molecular complexity index is 713. The van der Waals surface area contributed by atoms with Crippen molar-refractivity contribution in [2.45, 2.75) is 110 Å². The molecule has 3 aliphatic rings. The topological polar surface area (TPSA) is 35.5 Å². The van der Waals surface area contributed by atoms with E-state index in [4.69, 9.17) is 9.47 Å². The van der Waals surface area contributed by atoms with Gasteiger partial charge in [-0.2, -0.15) is 0 Å². The molecule has 0 bridgehead atoms. The second kappa shape index (κ2) is 12.9. The number of halogens is 1. The maximum absolute atomic E-state index is 15.4. The highest BCUT2D eigenvalue weighted by Gasteiger charge is 2.40. The highest BCUT2D eigenvalue weighted by Crippen LogP contribution is 2.47. The van der Waals surface area contributed by atoms with Crippen LogP contribution in [-0.4, -0.2) is 24.9 Å². The Morgan fingerprint density at radius 3 is 2.03 bits per heavy atom. The zero-order valence-electron chi connectivity index (χ0n) is 21.7. The van der Waals surface area contributed by atoms with Crippen molar-refractivity contribution in [2.75, 3.05) is 6.61 Å². The Labute approximate surface area is 207 Å². The van der Waals surface area contributed by atoms with Crippen LogP contribution in [0.15, 0.2) is 36.6 Å². The largest absolute Gasteiger partial charge is 0.491 e. The summed E-state index contributed by atoms with van der Waals surface area (Å²) in [6.45, 7) is 15.6. The molecular formula is C30H47FO3. The third-order valence-electron chi connectivity index (χ3n) is 8.87. The molecule has 0 aromatic carbocycles. The second-order valence-electron chi connectivity index (χ2n) is 11.5. The first kappa shape index (κ1) is 27.0. The van der Waals surface area contributed by atoms with Crippen molar-refractivity contribution in [2.24, 2.45) is 29.6 Å². The van der Waals surface area contributed by atoms with E-state index in [0.717, 1.165) is 62.9 Å². The van der Waals surface area contributed by atoms with Gasteiger partial charge < -0.3 is 9.47 Å². The summed E-state index contributed by atoms with van der Waals surface area (Å²) in [5.41, 5.74) is 1.36. The first-order valence-corrected chi connectivity index (χ1v) is 13.7. The molecule has 3 nitrogen and oxygen atoms in total. The zero-order valence-corrected chi connectivity index (χ0v) is 21.7. The van der Waals surface area contributed by atoms with Crippen LogP contribution in [0.2, 0.25) is 0 Å². The fourth-order valence-corrected chi connectivity index (χ4v) is 6.67. The predicted molar refractivity (Wildman–Crippen MR) is 137 cm³/mol. The summed E-state index contributed by atoms with van der Waals surface area (Å²) in [5.74, 6) is 3.19. The van der Waals surface area contributed by atoms with Gasteiger partial charge in [-0.25, -0.2) is 9.18 Å². The van der Waals surface area contributed by atoms with E-state index < -0.39 is 6.17 Å². The molecule has 0 aromatic heterocycles. The molecule has 192 valence electrons. The van der Waals surface area contributed by atoms with Crippen molar-refractivity contribution < 1.29 is 18.7 Å². The van der Waals surface area contributed by atoms with Gasteiger partial charge in [0.1, 0.15) is 11.9 Å². The average Bonchev–Trinajstić information content (AvgIpc) is 2.82. The third kappa shape index (κ3) is 7.71.